The van der Waals surface area contributed by atoms with Crippen LogP contribution in [-0.2, 0) is 9.59 Å². The predicted octanol–water partition coefficient (Wildman–Crippen LogP) is 1.09. The second-order valence-electron chi connectivity index (χ2n) is 1.93. The molecule has 1 N–H and O–H groups in total. The first-order valence-electron chi connectivity index (χ1n) is 3.14. The number of carbonyl (C=O) groups is 1. The molecule has 0 fully saturated rings. The number of isocyanates is 1. The molecule has 0 saturated carbocycles. The molecular weight excluding hydrogens is 146 g/mol. The number of carbonyl (C=O) groups excluding carboxylic acids is 1. The van der Waals surface area contributed by atoms with Gasteiger partial charge in [0.1, 0.15) is 0 Å². The molecule has 4 nitrogen and oxygen atoms in total. The zero-order chi connectivity index (χ0) is 8.85. The summed E-state index contributed by atoms with van der Waals surface area (Å²) in [6, 6.07) is 0. The summed E-state index contributed by atoms with van der Waals surface area (Å²) in [4.78, 5) is 23.4. The van der Waals surface area contributed by atoms with Crippen molar-refractivity contribution in [3.8, 4) is 0 Å². The van der Waals surface area contributed by atoms with Crippen LogP contribution in [-0.4, -0.2) is 17.2 Å². The molecule has 0 aromatic heterocycles. The van der Waals surface area contributed by atoms with Crippen LogP contribution in [0.5, 0.6) is 0 Å². The standard InChI is InChI=1S/C7H9NO3/c1-3-6(8-4-9)5(2)7(10)11/h3H2,1-2H3,(H,10,11). The van der Waals surface area contributed by atoms with Gasteiger partial charge in [0.15, 0.2) is 0 Å². The average Bonchev–Trinajstić information content (AvgIpc) is 1.98. The number of hydrogen-bond acceptors (Lipinski definition) is 3. The highest BCUT2D eigenvalue weighted by Gasteiger charge is 2.05. The highest BCUT2D eigenvalue weighted by molar-refractivity contribution is 5.86. The van der Waals surface area contributed by atoms with Crippen molar-refractivity contribution in [2.75, 3.05) is 0 Å². The summed E-state index contributed by atoms with van der Waals surface area (Å²) in [6.07, 6.45) is 1.73. The van der Waals surface area contributed by atoms with E-state index in [0.29, 0.717) is 6.42 Å². The van der Waals surface area contributed by atoms with E-state index in [2.05, 4.69) is 4.99 Å². The van der Waals surface area contributed by atoms with Crippen LogP contribution in [0.15, 0.2) is 16.3 Å². The lowest BCUT2D eigenvalue weighted by molar-refractivity contribution is -0.132. The fourth-order valence-electron chi connectivity index (χ4n) is 0.607. The van der Waals surface area contributed by atoms with Crippen LogP contribution in [0.1, 0.15) is 20.3 Å². The number of aliphatic imine (C=N–C) groups is 1. The van der Waals surface area contributed by atoms with Crippen LogP contribution < -0.4 is 0 Å². The predicted molar refractivity (Wildman–Crippen MR) is 38.7 cm³/mol. The molecule has 11 heavy (non-hydrogen) atoms. The smallest absolute Gasteiger partial charge is 0.333 e. The molecule has 0 bridgehead atoms. The molecule has 0 spiro atoms. The molecule has 0 heterocycles. The normalized spacial score (nSPS) is 11.5. The van der Waals surface area contributed by atoms with Crippen LogP contribution in [0.2, 0.25) is 0 Å². The number of nitrogens with zero attached hydrogens (tertiary/aromatic N) is 1. The summed E-state index contributed by atoms with van der Waals surface area (Å²) in [7, 11) is 0. The summed E-state index contributed by atoms with van der Waals surface area (Å²) in [5, 5.41) is 8.46. The zero-order valence-corrected chi connectivity index (χ0v) is 6.42. The SMILES string of the molecule is CCC(N=C=O)=C(C)C(=O)O. The van der Waals surface area contributed by atoms with Gasteiger partial charge in [-0.25, -0.2) is 9.59 Å². The largest absolute Gasteiger partial charge is 0.478 e. The number of carboxylic acids is 1. The number of hydrogen-bond donors (Lipinski definition) is 1. The van der Waals surface area contributed by atoms with Crippen LogP contribution in [0, 0.1) is 0 Å². The first-order valence-corrected chi connectivity index (χ1v) is 3.14. The Kier molecular flexibility index (Phi) is 3.85. The maximum absolute atomic E-state index is 10.3. The van der Waals surface area contributed by atoms with Crippen LogP contribution in [0.4, 0.5) is 0 Å². The molecular formula is C7H9NO3. The number of carboxylic acid groups (broad SMARTS) is 1. The second-order valence-corrected chi connectivity index (χ2v) is 1.93. The van der Waals surface area contributed by atoms with E-state index in [9.17, 15) is 9.59 Å². The number of rotatable bonds is 3. The number of allylic oxidation sites excluding steroid dienone is 1. The van der Waals surface area contributed by atoms with E-state index in [-0.39, 0.29) is 11.3 Å². The van der Waals surface area contributed by atoms with E-state index in [1.54, 1.807) is 6.92 Å². The van der Waals surface area contributed by atoms with Gasteiger partial charge in [-0.3, -0.25) is 0 Å². The summed E-state index contributed by atoms with van der Waals surface area (Å²) in [5.41, 5.74) is 0.364. The Morgan fingerprint density at radius 2 is 2.18 bits per heavy atom. The molecule has 0 atom stereocenters. The third kappa shape index (κ3) is 2.78. The van der Waals surface area contributed by atoms with Crippen LogP contribution in [0.25, 0.3) is 0 Å². The summed E-state index contributed by atoms with van der Waals surface area (Å²) >= 11 is 0. The minimum atomic E-state index is -1.05. The van der Waals surface area contributed by atoms with Gasteiger partial charge >= 0.3 is 5.97 Å². The Morgan fingerprint density at radius 1 is 1.64 bits per heavy atom. The van der Waals surface area contributed by atoms with Crippen molar-refractivity contribution in [2.24, 2.45) is 4.99 Å². The molecule has 0 radical (unpaired) electrons. The van der Waals surface area contributed by atoms with Gasteiger partial charge in [0.2, 0.25) is 6.08 Å². The Labute approximate surface area is 64.3 Å². The first kappa shape index (κ1) is 9.59. The lowest BCUT2D eigenvalue weighted by atomic mass is 10.2. The van der Waals surface area contributed by atoms with Gasteiger partial charge in [0.05, 0.1) is 11.3 Å². The first-order chi connectivity index (χ1) is 5.13. The van der Waals surface area contributed by atoms with Crippen molar-refractivity contribution in [3.63, 3.8) is 0 Å². The summed E-state index contributed by atoms with van der Waals surface area (Å²) in [6.45, 7) is 3.13. The van der Waals surface area contributed by atoms with Gasteiger partial charge in [0, 0.05) is 0 Å². The van der Waals surface area contributed by atoms with Gasteiger partial charge in [0.25, 0.3) is 0 Å². The molecule has 0 aliphatic carbocycles. The average molecular weight is 155 g/mol. The zero-order valence-electron chi connectivity index (χ0n) is 6.42. The lowest BCUT2D eigenvalue weighted by Gasteiger charge is -1.96. The van der Waals surface area contributed by atoms with Crippen molar-refractivity contribution in [1.29, 1.82) is 0 Å². The Balaban J connectivity index is 4.82. The molecule has 0 aromatic rings. The Morgan fingerprint density at radius 3 is 2.45 bits per heavy atom. The third-order valence-corrected chi connectivity index (χ3v) is 1.27. The van der Waals surface area contributed by atoms with Gasteiger partial charge in [-0.15, -0.1) is 0 Å². The lowest BCUT2D eigenvalue weighted by Crippen LogP contribution is -1.99. The van der Waals surface area contributed by atoms with E-state index in [1.807, 2.05) is 0 Å². The van der Waals surface area contributed by atoms with E-state index in [1.165, 1.54) is 13.0 Å². The summed E-state index contributed by atoms with van der Waals surface area (Å²) in [5.74, 6) is -1.05. The molecule has 0 aliphatic rings. The second kappa shape index (κ2) is 4.41. The maximum atomic E-state index is 10.3. The Bertz CT molecular complexity index is 236. The highest BCUT2D eigenvalue weighted by atomic mass is 16.4. The van der Waals surface area contributed by atoms with E-state index < -0.39 is 5.97 Å². The monoisotopic (exact) mass is 155 g/mol. The van der Waals surface area contributed by atoms with Gasteiger partial charge in [-0.1, -0.05) is 6.92 Å². The number of aliphatic carboxylic acids is 1. The van der Waals surface area contributed by atoms with Gasteiger partial charge < -0.3 is 5.11 Å². The molecule has 0 aromatic carbocycles. The van der Waals surface area contributed by atoms with Crippen molar-refractivity contribution in [1.82, 2.24) is 0 Å². The highest BCUT2D eigenvalue weighted by Crippen LogP contribution is 2.08. The fourth-order valence-corrected chi connectivity index (χ4v) is 0.607. The van der Waals surface area contributed by atoms with Crippen LogP contribution >= 0.6 is 0 Å². The van der Waals surface area contributed by atoms with E-state index >= 15 is 0 Å². The molecule has 0 saturated heterocycles. The fraction of sp³-hybridized carbons (Fsp3) is 0.429. The van der Waals surface area contributed by atoms with E-state index in [4.69, 9.17) is 5.11 Å². The third-order valence-electron chi connectivity index (χ3n) is 1.27. The van der Waals surface area contributed by atoms with Crippen LogP contribution in [0.3, 0.4) is 0 Å². The van der Waals surface area contributed by atoms with E-state index in [0.717, 1.165) is 0 Å². The maximum Gasteiger partial charge on any atom is 0.333 e. The molecule has 4 heteroatoms. The molecule has 0 unspecified atom stereocenters. The molecule has 60 valence electrons. The van der Waals surface area contributed by atoms with Gasteiger partial charge in [-0.05, 0) is 13.3 Å². The molecule has 0 rings (SSSR count). The topological polar surface area (TPSA) is 66.7 Å². The molecule has 0 amide bonds. The van der Waals surface area contributed by atoms with Crippen molar-refractivity contribution in [3.05, 3.63) is 11.3 Å². The van der Waals surface area contributed by atoms with Crippen molar-refractivity contribution < 1.29 is 14.7 Å². The minimum absolute atomic E-state index is 0.0934. The quantitative estimate of drug-likeness (QED) is 0.377. The summed E-state index contributed by atoms with van der Waals surface area (Å²) < 4.78 is 0. The minimum Gasteiger partial charge on any atom is -0.478 e. The Hall–Kier alpha value is -1.41. The van der Waals surface area contributed by atoms with Gasteiger partial charge in [-0.2, -0.15) is 4.99 Å². The van der Waals surface area contributed by atoms with Crippen molar-refractivity contribution in [2.45, 2.75) is 20.3 Å². The van der Waals surface area contributed by atoms with Crippen molar-refractivity contribution >= 4 is 12.0 Å². The molecule has 0 aliphatic heterocycles.